The number of aliphatic imine (C=N–C) groups is 1. The number of rotatable bonds is 8. The van der Waals surface area contributed by atoms with E-state index in [1.54, 1.807) is 0 Å². The lowest BCUT2D eigenvalue weighted by atomic mass is 10.3. The zero-order valence-corrected chi connectivity index (χ0v) is 13.4. The average molecular weight is 323 g/mol. The summed E-state index contributed by atoms with van der Waals surface area (Å²) in [5.41, 5.74) is 3.13. The number of carbonyl (C=O) groups is 1. The Bertz CT molecular complexity index is 451. The van der Waals surface area contributed by atoms with Crippen molar-refractivity contribution >= 4 is 32.7 Å². The monoisotopic (exact) mass is 323 g/mol. The maximum atomic E-state index is 11.6. The Hall–Kier alpha value is -0.800. The minimum atomic E-state index is -3.36. The van der Waals surface area contributed by atoms with Crippen LogP contribution in [0, 0.1) is 0 Å². The van der Waals surface area contributed by atoms with E-state index in [0.717, 1.165) is 24.6 Å². The van der Waals surface area contributed by atoms with Crippen LogP contribution in [0.5, 0.6) is 0 Å². The molecule has 0 aromatic rings. The Morgan fingerprint density at radius 1 is 1.55 bits per heavy atom. The molecule has 0 fully saturated rings. The quantitative estimate of drug-likeness (QED) is 0.654. The third-order valence-electron chi connectivity index (χ3n) is 2.50. The largest absolute Gasteiger partial charge is 0.449 e. The molecule has 0 atom stereocenters. The number of ether oxygens (including phenoxy) is 1. The van der Waals surface area contributed by atoms with Crippen LogP contribution in [0.3, 0.4) is 0 Å². The van der Waals surface area contributed by atoms with Crippen molar-refractivity contribution in [2.75, 3.05) is 30.7 Å². The summed E-state index contributed by atoms with van der Waals surface area (Å²) in [6, 6.07) is 0. The van der Waals surface area contributed by atoms with E-state index in [4.69, 9.17) is 0 Å². The van der Waals surface area contributed by atoms with Crippen LogP contribution in [0.2, 0.25) is 0 Å². The highest BCUT2D eigenvalue weighted by Crippen LogP contribution is 2.10. The lowest BCUT2D eigenvalue weighted by molar-refractivity contribution is -0.138. The van der Waals surface area contributed by atoms with Gasteiger partial charge < -0.3 is 4.74 Å². The van der Waals surface area contributed by atoms with Gasteiger partial charge in [0, 0.05) is 19.2 Å². The van der Waals surface area contributed by atoms with Crippen LogP contribution in [0.4, 0.5) is 0 Å². The second kappa shape index (κ2) is 8.48. The number of hydrogen-bond donors (Lipinski definition) is 1. The van der Waals surface area contributed by atoms with E-state index < -0.39 is 21.7 Å². The Morgan fingerprint density at radius 2 is 2.30 bits per heavy atom. The Morgan fingerprint density at radius 3 is 2.95 bits per heavy atom. The number of nitrogens with zero attached hydrogens (tertiary/aromatic N) is 2. The molecule has 1 aliphatic rings. The summed E-state index contributed by atoms with van der Waals surface area (Å²) < 4.78 is 27.6. The normalized spacial score (nSPS) is 15.8. The first-order valence-electron chi connectivity index (χ1n) is 6.45. The van der Waals surface area contributed by atoms with Crippen molar-refractivity contribution in [1.29, 1.82) is 0 Å². The molecule has 0 radical (unpaired) electrons. The molecular formula is C11H21N3O4S2. The highest BCUT2D eigenvalue weighted by Gasteiger charge is 2.17. The minimum absolute atomic E-state index is 0.0411. The smallest absolute Gasteiger partial charge is 0.303 e. The average Bonchev–Trinajstić information content (AvgIpc) is 2.82. The molecule has 0 saturated heterocycles. The van der Waals surface area contributed by atoms with E-state index in [-0.39, 0.29) is 5.75 Å². The molecule has 116 valence electrons. The molecule has 1 heterocycles. The van der Waals surface area contributed by atoms with Gasteiger partial charge in [0.05, 0.1) is 5.75 Å². The predicted octanol–water partition coefficient (Wildman–Crippen LogP) is 0.589. The summed E-state index contributed by atoms with van der Waals surface area (Å²) in [6.45, 7) is 4.84. The summed E-state index contributed by atoms with van der Waals surface area (Å²) >= 11 is 1.36. The SMILES string of the molecule is CCCCN1CN=C(SCCS(=O)(=O)COC(C)=O)N1. The fourth-order valence-corrected chi connectivity index (χ4v) is 3.75. The van der Waals surface area contributed by atoms with E-state index in [9.17, 15) is 13.2 Å². The van der Waals surface area contributed by atoms with E-state index in [1.807, 2.05) is 5.01 Å². The number of hydrazine groups is 1. The second-order valence-electron chi connectivity index (χ2n) is 4.38. The summed E-state index contributed by atoms with van der Waals surface area (Å²) in [5, 5.41) is 2.74. The lowest BCUT2D eigenvalue weighted by Crippen LogP contribution is -2.35. The molecule has 1 N–H and O–H groups in total. The zero-order chi connectivity index (χ0) is 15.0. The molecule has 1 rings (SSSR count). The van der Waals surface area contributed by atoms with Crippen LogP contribution in [0.25, 0.3) is 0 Å². The third-order valence-corrected chi connectivity index (χ3v) is 4.96. The second-order valence-corrected chi connectivity index (χ2v) is 7.60. The van der Waals surface area contributed by atoms with Crippen molar-refractivity contribution in [3.63, 3.8) is 0 Å². The van der Waals surface area contributed by atoms with Crippen LogP contribution in [-0.2, 0) is 19.4 Å². The van der Waals surface area contributed by atoms with Crippen molar-refractivity contribution in [3.8, 4) is 0 Å². The topological polar surface area (TPSA) is 88.1 Å². The Labute approximate surface area is 124 Å². The standard InChI is InChI=1S/C11H21N3O4S2/c1-3-4-5-14-8-12-11(13-14)19-6-7-20(16,17)9-18-10(2)15/h3-9H2,1-2H3,(H,12,13). The minimum Gasteiger partial charge on any atom is -0.449 e. The number of nitrogens with one attached hydrogen (secondary N) is 1. The first-order chi connectivity index (χ1) is 9.43. The first kappa shape index (κ1) is 17.3. The molecule has 9 heteroatoms. The van der Waals surface area contributed by atoms with E-state index >= 15 is 0 Å². The number of sulfone groups is 1. The number of amidine groups is 1. The van der Waals surface area contributed by atoms with Gasteiger partial charge in [-0.25, -0.2) is 18.4 Å². The van der Waals surface area contributed by atoms with Gasteiger partial charge in [-0.3, -0.25) is 10.2 Å². The van der Waals surface area contributed by atoms with Crippen LogP contribution >= 0.6 is 11.8 Å². The maximum Gasteiger partial charge on any atom is 0.303 e. The fourth-order valence-electron chi connectivity index (χ4n) is 1.41. The molecule has 0 aromatic carbocycles. The van der Waals surface area contributed by atoms with Crippen LogP contribution < -0.4 is 5.43 Å². The predicted molar refractivity (Wildman–Crippen MR) is 79.9 cm³/mol. The summed E-state index contributed by atoms with van der Waals surface area (Å²) in [5.74, 6) is -0.794. The maximum absolute atomic E-state index is 11.6. The molecule has 7 nitrogen and oxygen atoms in total. The van der Waals surface area contributed by atoms with Crippen molar-refractivity contribution in [2.45, 2.75) is 26.7 Å². The Balaban J connectivity index is 2.20. The molecule has 0 aliphatic carbocycles. The number of carbonyl (C=O) groups excluding carboxylic acids is 1. The summed E-state index contributed by atoms with van der Waals surface area (Å²) in [4.78, 5) is 14.8. The lowest BCUT2D eigenvalue weighted by Gasteiger charge is -2.14. The van der Waals surface area contributed by atoms with E-state index in [0.29, 0.717) is 12.4 Å². The molecule has 0 aromatic heterocycles. The van der Waals surface area contributed by atoms with Crippen molar-refractivity contribution in [1.82, 2.24) is 10.4 Å². The summed E-state index contributed by atoms with van der Waals surface area (Å²) in [7, 11) is -3.36. The zero-order valence-electron chi connectivity index (χ0n) is 11.8. The van der Waals surface area contributed by atoms with Crippen molar-refractivity contribution < 1.29 is 17.9 Å². The van der Waals surface area contributed by atoms with Crippen molar-refractivity contribution in [3.05, 3.63) is 0 Å². The fraction of sp³-hybridized carbons (Fsp3) is 0.818. The van der Waals surface area contributed by atoms with Gasteiger partial charge in [-0.05, 0) is 6.42 Å². The van der Waals surface area contributed by atoms with Gasteiger partial charge >= 0.3 is 5.97 Å². The summed E-state index contributed by atoms with van der Waals surface area (Å²) in [6.07, 6.45) is 2.21. The van der Waals surface area contributed by atoms with Gasteiger partial charge in [0.2, 0.25) is 0 Å². The Kier molecular flexibility index (Phi) is 7.31. The number of thioether (sulfide) groups is 1. The number of hydrogen-bond acceptors (Lipinski definition) is 8. The van der Waals surface area contributed by atoms with Crippen molar-refractivity contribution in [2.24, 2.45) is 4.99 Å². The highest BCUT2D eigenvalue weighted by atomic mass is 32.2. The van der Waals surface area contributed by atoms with Gasteiger partial charge in [0.25, 0.3) is 0 Å². The van der Waals surface area contributed by atoms with Gasteiger partial charge in [-0.2, -0.15) is 0 Å². The van der Waals surface area contributed by atoms with Gasteiger partial charge in [-0.1, -0.05) is 25.1 Å². The molecule has 0 saturated carbocycles. The molecular weight excluding hydrogens is 302 g/mol. The highest BCUT2D eigenvalue weighted by molar-refractivity contribution is 8.14. The van der Waals surface area contributed by atoms with Gasteiger partial charge in [-0.15, -0.1) is 0 Å². The van der Waals surface area contributed by atoms with Crippen LogP contribution in [0.1, 0.15) is 26.7 Å². The van der Waals surface area contributed by atoms with E-state index in [2.05, 4.69) is 22.1 Å². The molecule has 0 unspecified atom stereocenters. The molecule has 0 bridgehead atoms. The van der Waals surface area contributed by atoms with Crippen LogP contribution in [0.15, 0.2) is 4.99 Å². The van der Waals surface area contributed by atoms with Gasteiger partial charge in [0.15, 0.2) is 20.9 Å². The third kappa shape index (κ3) is 7.11. The van der Waals surface area contributed by atoms with Gasteiger partial charge in [0.1, 0.15) is 6.67 Å². The molecule has 20 heavy (non-hydrogen) atoms. The van der Waals surface area contributed by atoms with Crippen LogP contribution in [-0.4, -0.2) is 55.2 Å². The molecule has 0 amide bonds. The van der Waals surface area contributed by atoms with E-state index in [1.165, 1.54) is 18.7 Å². The first-order valence-corrected chi connectivity index (χ1v) is 9.26. The number of esters is 1. The number of unbranched alkanes of at least 4 members (excludes halogenated alkanes) is 1. The molecule has 1 aliphatic heterocycles. The molecule has 0 spiro atoms.